The van der Waals surface area contributed by atoms with Crippen LogP contribution in [0.5, 0.6) is 0 Å². The molecule has 0 aliphatic heterocycles. The van der Waals surface area contributed by atoms with E-state index in [-0.39, 0.29) is 18.7 Å². The lowest BCUT2D eigenvalue weighted by Gasteiger charge is -2.25. The van der Waals surface area contributed by atoms with Gasteiger partial charge in [-0.25, -0.2) is 4.79 Å². The van der Waals surface area contributed by atoms with Crippen molar-refractivity contribution in [1.82, 2.24) is 20.9 Å². The molecule has 3 amide bonds. The Labute approximate surface area is 237 Å². The molecule has 8 nitrogen and oxygen atoms in total. The van der Waals surface area contributed by atoms with Gasteiger partial charge in [0.05, 0.1) is 5.69 Å². The average molecular weight is 629 g/mol. The van der Waals surface area contributed by atoms with Crippen LogP contribution < -0.4 is 16.0 Å². The maximum atomic E-state index is 13.4. The van der Waals surface area contributed by atoms with Crippen LogP contribution in [0.2, 0.25) is 0 Å². The maximum absolute atomic E-state index is 13.4. The lowest BCUT2D eigenvalue weighted by atomic mass is 10.0. The minimum atomic E-state index is -0.948. The fourth-order valence-corrected chi connectivity index (χ4v) is 4.09. The fourth-order valence-electron chi connectivity index (χ4n) is 3.73. The van der Waals surface area contributed by atoms with Crippen molar-refractivity contribution in [3.8, 4) is 11.3 Å². The summed E-state index contributed by atoms with van der Waals surface area (Å²) in [5, 5.41) is 8.09. The summed E-state index contributed by atoms with van der Waals surface area (Å²) >= 11 is 2.20. The molecule has 0 bridgehead atoms. The van der Waals surface area contributed by atoms with Gasteiger partial charge in [-0.15, -0.1) is 0 Å². The summed E-state index contributed by atoms with van der Waals surface area (Å²) in [6, 6.07) is 19.4. The van der Waals surface area contributed by atoms with Gasteiger partial charge in [0.2, 0.25) is 11.8 Å². The van der Waals surface area contributed by atoms with E-state index in [1.165, 1.54) is 7.05 Å². The number of hydrogen-bond donors (Lipinski definition) is 3. The van der Waals surface area contributed by atoms with Crippen LogP contribution in [0.15, 0.2) is 72.9 Å². The monoisotopic (exact) mass is 628 g/mol. The topological polar surface area (TPSA) is 109 Å². The molecule has 0 aliphatic carbocycles. The summed E-state index contributed by atoms with van der Waals surface area (Å²) in [5.41, 5.74) is 2.72. The highest BCUT2D eigenvalue weighted by Gasteiger charge is 2.28. The predicted molar refractivity (Wildman–Crippen MR) is 155 cm³/mol. The van der Waals surface area contributed by atoms with E-state index in [1.807, 2.05) is 66.7 Å². The molecular weight excluding hydrogens is 595 g/mol. The first kappa shape index (κ1) is 29.1. The number of alkyl carbamates (subject to hydrolysis) is 1. The molecule has 0 saturated heterocycles. The molecule has 0 radical (unpaired) electrons. The molecule has 0 spiro atoms. The van der Waals surface area contributed by atoms with Gasteiger partial charge in [0.15, 0.2) is 0 Å². The predicted octanol–water partition coefficient (Wildman–Crippen LogP) is 4.26. The molecule has 0 fully saturated rings. The third-order valence-electron chi connectivity index (χ3n) is 5.57. The fraction of sp³-hybridized carbons (Fsp3) is 0.310. The summed E-state index contributed by atoms with van der Waals surface area (Å²) < 4.78 is 6.43. The van der Waals surface area contributed by atoms with Crippen molar-refractivity contribution in [3.05, 3.63) is 87.6 Å². The molecule has 3 aromatic rings. The minimum absolute atomic E-state index is 0.232. The Morgan fingerprint density at radius 1 is 0.842 bits per heavy atom. The molecule has 1 heterocycles. The number of benzene rings is 2. The molecule has 2 atom stereocenters. The van der Waals surface area contributed by atoms with E-state index < -0.39 is 29.7 Å². The summed E-state index contributed by atoms with van der Waals surface area (Å²) in [6.07, 6.45) is 1.46. The number of likely N-dealkylation sites (N-methyl/N-ethyl adjacent to an activating group) is 1. The molecule has 0 saturated carbocycles. The molecular formula is C29H33IN4O4. The van der Waals surface area contributed by atoms with Gasteiger partial charge in [-0.3, -0.25) is 14.6 Å². The second kappa shape index (κ2) is 13.4. The number of amides is 3. The zero-order valence-electron chi connectivity index (χ0n) is 22.0. The highest BCUT2D eigenvalue weighted by atomic mass is 127. The van der Waals surface area contributed by atoms with Gasteiger partial charge in [0.1, 0.15) is 17.7 Å². The van der Waals surface area contributed by atoms with Gasteiger partial charge in [0.25, 0.3) is 0 Å². The van der Waals surface area contributed by atoms with Crippen LogP contribution in [0.1, 0.15) is 31.9 Å². The van der Waals surface area contributed by atoms with Gasteiger partial charge in [-0.2, -0.15) is 0 Å². The number of rotatable bonds is 9. The largest absolute Gasteiger partial charge is 0.444 e. The Hall–Kier alpha value is -3.47. The summed E-state index contributed by atoms with van der Waals surface area (Å²) in [7, 11) is 1.51. The summed E-state index contributed by atoms with van der Waals surface area (Å²) in [4.78, 5) is 43.2. The van der Waals surface area contributed by atoms with Crippen LogP contribution in [0.25, 0.3) is 11.3 Å². The number of carbonyl (C=O) groups excluding carboxylic acids is 3. The first-order valence-electron chi connectivity index (χ1n) is 12.3. The molecule has 38 heavy (non-hydrogen) atoms. The zero-order valence-corrected chi connectivity index (χ0v) is 24.1. The normalized spacial score (nSPS) is 12.7. The molecule has 1 aromatic heterocycles. The third kappa shape index (κ3) is 9.13. The second-order valence-electron chi connectivity index (χ2n) is 9.83. The van der Waals surface area contributed by atoms with Gasteiger partial charge >= 0.3 is 6.09 Å². The van der Waals surface area contributed by atoms with E-state index in [0.717, 1.165) is 26.0 Å². The SMILES string of the molecule is CNC(=O)[C@H](Cc1ccc(-c2ccccc2)nc1)NC(=O)[C@H](Cc1ccc(I)cc1)NC(=O)OC(C)(C)C. The van der Waals surface area contributed by atoms with E-state index >= 15 is 0 Å². The highest BCUT2D eigenvalue weighted by molar-refractivity contribution is 14.1. The van der Waals surface area contributed by atoms with Crippen molar-refractivity contribution in [2.24, 2.45) is 0 Å². The van der Waals surface area contributed by atoms with E-state index in [1.54, 1.807) is 27.0 Å². The van der Waals surface area contributed by atoms with Crippen molar-refractivity contribution in [1.29, 1.82) is 0 Å². The van der Waals surface area contributed by atoms with E-state index in [4.69, 9.17) is 4.74 Å². The number of nitrogens with zero attached hydrogens (tertiary/aromatic N) is 1. The second-order valence-corrected chi connectivity index (χ2v) is 11.1. The van der Waals surface area contributed by atoms with E-state index in [0.29, 0.717) is 0 Å². The van der Waals surface area contributed by atoms with Gasteiger partial charge in [-0.1, -0.05) is 48.5 Å². The van der Waals surface area contributed by atoms with Crippen LogP contribution in [0.3, 0.4) is 0 Å². The Morgan fingerprint density at radius 3 is 2.03 bits per heavy atom. The van der Waals surface area contributed by atoms with Crippen molar-refractivity contribution >= 4 is 40.5 Å². The molecule has 0 aliphatic rings. The van der Waals surface area contributed by atoms with Crippen molar-refractivity contribution in [2.45, 2.75) is 51.3 Å². The van der Waals surface area contributed by atoms with Gasteiger partial charge in [-0.05, 0) is 72.7 Å². The number of pyridine rings is 1. The Bertz CT molecular complexity index is 1230. The van der Waals surface area contributed by atoms with Crippen molar-refractivity contribution in [2.75, 3.05) is 7.05 Å². The van der Waals surface area contributed by atoms with Crippen LogP contribution in [-0.2, 0) is 27.2 Å². The highest BCUT2D eigenvalue weighted by Crippen LogP contribution is 2.17. The molecule has 3 N–H and O–H groups in total. The van der Waals surface area contributed by atoms with Crippen LogP contribution in [-0.4, -0.2) is 47.6 Å². The molecule has 200 valence electrons. The van der Waals surface area contributed by atoms with E-state index in [9.17, 15) is 14.4 Å². The molecule has 9 heteroatoms. The quantitative estimate of drug-likeness (QED) is 0.307. The maximum Gasteiger partial charge on any atom is 0.408 e. The number of aromatic nitrogens is 1. The van der Waals surface area contributed by atoms with Crippen LogP contribution in [0, 0.1) is 3.57 Å². The molecule has 2 aromatic carbocycles. The van der Waals surface area contributed by atoms with Gasteiger partial charge < -0.3 is 20.7 Å². The number of carbonyl (C=O) groups is 3. The summed E-state index contributed by atoms with van der Waals surface area (Å²) in [5.74, 6) is -0.840. The van der Waals surface area contributed by atoms with Crippen molar-refractivity contribution < 1.29 is 19.1 Å². The standard InChI is InChI=1S/C29H33IN4O4/c1-29(2,3)38-28(37)34-25(16-19-10-13-22(30)14-11-19)27(36)33-24(26(35)31-4)17-20-12-15-23(32-18-20)21-8-6-5-7-9-21/h5-15,18,24-25H,16-17H2,1-4H3,(H,31,35)(H,33,36)(H,34,37)/t24-,25-/m0/s1. The molecule has 0 unspecified atom stereocenters. The summed E-state index contributed by atoms with van der Waals surface area (Å²) in [6.45, 7) is 5.25. The van der Waals surface area contributed by atoms with Crippen LogP contribution in [0.4, 0.5) is 4.79 Å². The number of ether oxygens (including phenoxy) is 1. The average Bonchev–Trinajstić information content (AvgIpc) is 2.88. The first-order valence-corrected chi connectivity index (χ1v) is 13.4. The van der Waals surface area contributed by atoms with Crippen LogP contribution >= 0.6 is 22.6 Å². The first-order chi connectivity index (χ1) is 18.0. The van der Waals surface area contributed by atoms with E-state index in [2.05, 4.69) is 43.5 Å². The number of halogens is 1. The third-order valence-corrected chi connectivity index (χ3v) is 6.29. The number of hydrogen-bond acceptors (Lipinski definition) is 5. The zero-order chi connectivity index (χ0) is 27.7. The smallest absolute Gasteiger partial charge is 0.408 e. The van der Waals surface area contributed by atoms with Crippen molar-refractivity contribution in [3.63, 3.8) is 0 Å². The Kier molecular flexibility index (Phi) is 10.2. The lowest BCUT2D eigenvalue weighted by molar-refractivity contribution is -0.129. The molecule has 3 rings (SSSR count). The minimum Gasteiger partial charge on any atom is -0.444 e. The Balaban J connectivity index is 1.76. The Morgan fingerprint density at radius 2 is 1.45 bits per heavy atom. The number of nitrogens with one attached hydrogen (secondary N) is 3. The lowest BCUT2D eigenvalue weighted by Crippen LogP contribution is -2.55. The van der Waals surface area contributed by atoms with Gasteiger partial charge in [0, 0.05) is 35.2 Å².